The summed E-state index contributed by atoms with van der Waals surface area (Å²) in [6.45, 7) is 4.29. The second kappa shape index (κ2) is 10.3. The Labute approximate surface area is 177 Å². The number of hydrogen-bond acceptors (Lipinski definition) is 2. The third-order valence-corrected chi connectivity index (χ3v) is 5.34. The molecule has 1 aromatic heterocycles. The Morgan fingerprint density at radius 2 is 1.90 bits per heavy atom. The Bertz CT molecular complexity index is 923. The third-order valence-electron chi connectivity index (χ3n) is 4.90. The van der Waals surface area contributed by atoms with Gasteiger partial charge in [0.25, 0.3) is 0 Å². The number of alkyl halides is 1. The molecular weight excluding hydrogens is 384 g/mol. The van der Waals surface area contributed by atoms with Crippen LogP contribution in [0.4, 0.5) is 0 Å². The highest BCUT2D eigenvalue weighted by atomic mass is 35.5. The largest absolute Gasteiger partial charge is 0.383 e. The minimum absolute atomic E-state index is 0.113. The van der Waals surface area contributed by atoms with Crippen molar-refractivity contribution in [1.82, 2.24) is 9.47 Å². The summed E-state index contributed by atoms with van der Waals surface area (Å²) in [6.07, 6.45) is 2.05. The van der Waals surface area contributed by atoms with E-state index in [2.05, 4.69) is 41.8 Å². The molecule has 0 spiro atoms. The molecule has 2 aromatic carbocycles. The molecule has 0 N–H and O–H groups in total. The highest BCUT2D eigenvalue weighted by Gasteiger charge is 2.24. The van der Waals surface area contributed by atoms with Gasteiger partial charge in [-0.2, -0.15) is 0 Å². The molecule has 5 heteroatoms. The van der Waals surface area contributed by atoms with Crippen LogP contribution in [0.3, 0.4) is 0 Å². The summed E-state index contributed by atoms with van der Waals surface area (Å²) in [5, 5.41) is -0.715. The Hall–Kier alpha value is -2.56. The first kappa shape index (κ1) is 21.2. The highest BCUT2D eigenvalue weighted by Crippen LogP contribution is 2.24. The van der Waals surface area contributed by atoms with Crippen molar-refractivity contribution in [1.29, 1.82) is 0 Å². The monoisotopic (exact) mass is 410 g/mol. The van der Waals surface area contributed by atoms with Crippen LogP contribution < -0.4 is 0 Å². The van der Waals surface area contributed by atoms with Crippen LogP contribution in [0.15, 0.2) is 72.9 Å². The van der Waals surface area contributed by atoms with Crippen molar-refractivity contribution in [2.75, 3.05) is 20.3 Å². The maximum absolute atomic E-state index is 13.1. The van der Waals surface area contributed by atoms with E-state index in [9.17, 15) is 4.79 Å². The number of aryl methyl sites for hydroxylation is 1. The average Bonchev–Trinajstić information content (AvgIpc) is 3.17. The summed E-state index contributed by atoms with van der Waals surface area (Å²) < 4.78 is 7.40. The third kappa shape index (κ3) is 5.72. The van der Waals surface area contributed by atoms with E-state index in [0.29, 0.717) is 19.7 Å². The van der Waals surface area contributed by atoms with Crippen LogP contribution in [0.2, 0.25) is 0 Å². The number of ether oxygens (including phenoxy) is 1. The van der Waals surface area contributed by atoms with E-state index >= 15 is 0 Å². The first-order valence-corrected chi connectivity index (χ1v) is 10.2. The lowest BCUT2D eigenvalue weighted by molar-refractivity contribution is -0.132. The van der Waals surface area contributed by atoms with Gasteiger partial charge in [0.15, 0.2) is 0 Å². The fourth-order valence-electron chi connectivity index (χ4n) is 3.34. The molecule has 0 fully saturated rings. The van der Waals surface area contributed by atoms with E-state index in [4.69, 9.17) is 16.3 Å². The number of carbonyl (C=O) groups is 1. The minimum atomic E-state index is -0.715. The topological polar surface area (TPSA) is 34.5 Å². The SMILES string of the molecule is COCCN(Cc1cccn1Cc1cccc(C)c1)C(=O)[C@@H](Cl)c1ccccc1. The molecule has 0 aliphatic heterocycles. The first-order valence-electron chi connectivity index (χ1n) is 9.75. The maximum atomic E-state index is 13.1. The molecule has 3 aromatic rings. The quantitative estimate of drug-likeness (QED) is 0.475. The summed E-state index contributed by atoms with van der Waals surface area (Å²) in [6, 6.07) is 22.0. The highest BCUT2D eigenvalue weighted by molar-refractivity contribution is 6.30. The van der Waals surface area contributed by atoms with Crippen LogP contribution in [-0.2, 0) is 22.6 Å². The Balaban J connectivity index is 1.77. The lowest BCUT2D eigenvalue weighted by Crippen LogP contribution is -2.36. The Morgan fingerprint density at radius 1 is 1.10 bits per heavy atom. The molecule has 1 heterocycles. The minimum Gasteiger partial charge on any atom is -0.383 e. The maximum Gasteiger partial charge on any atom is 0.245 e. The summed E-state index contributed by atoms with van der Waals surface area (Å²) >= 11 is 6.52. The van der Waals surface area contributed by atoms with Gasteiger partial charge < -0.3 is 14.2 Å². The number of amides is 1. The lowest BCUT2D eigenvalue weighted by Gasteiger charge is -2.25. The summed E-state index contributed by atoms with van der Waals surface area (Å²) in [7, 11) is 1.64. The van der Waals surface area contributed by atoms with Crippen molar-refractivity contribution < 1.29 is 9.53 Å². The van der Waals surface area contributed by atoms with Crippen molar-refractivity contribution >= 4 is 17.5 Å². The Morgan fingerprint density at radius 3 is 2.62 bits per heavy atom. The van der Waals surface area contributed by atoms with Crippen LogP contribution in [-0.4, -0.2) is 35.6 Å². The number of carbonyl (C=O) groups excluding carboxylic acids is 1. The molecule has 1 atom stereocenters. The van der Waals surface area contributed by atoms with Gasteiger partial charge in [-0.1, -0.05) is 60.2 Å². The van der Waals surface area contributed by atoms with Gasteiger partial charge in [-0.05, 0) is 30.2 Å². The summed E-state index contributed by atoms with van der Waals surface area (Å²) in [5.41, 5.74) is 4.34. The van der Waals surface area contributed by atoms with E-state index in [1.165, 1.54) is 11.1 Å². The molecular formula is C24H27ClN2O2. The molecule has 0 bridgehead atoms. The number of aromatic nitrogens is 1. The standard InChI is InChI=1S/C24H27ClN2O2/c1-19-8-6-9-20(16-19)17-26-13-7-12-22(26)18-27(14-15-29-2)24(28)23(25)21-10-4-3-5-11-21/h3-13,16,23H,14-15,17-18H2,1-2H3/t23-/m0/s1. The Kier molecular flexibility index (Phi) is 7.50. The van der Waals surface area contributed by atoms with Crippen LogP contribution in [0.1, 0.15) is 27.8 Å². The molecule has 1 amide bonds. The molecule has 29 heavy (non-hydrogen) atoms. The fourth-order valence-corrected chi connectivity index (χ4v) is 3.63. The molecule has 3 rings (SSSR count). The molecule has 152 valence electrons. The predicted molar refractivity (Wildman–Crippen MR) is 117 cm³/mol. The van der Waals surface area contributed by atoms with Crippen molar-refractivity contribution in [2.45, 2.75) is 25.4 Å². The predicted octanol–water partition coefficient (Wildman–Crippen LogP) is 4.80. The van der Waals surface area contributed by atoms with E-state index in [-0.39, 0.29) is 5.91 Å². The number of rotatable bonds is 9. The smallest absolute Gasteiger partial charge is 0.245 e. The number of nitrogens with zero attached hydrogens (tertiary/aromatic N) is 2. The van der Waals surface area contributed by atoms with Crippen LogP contribution in [0.5, 0.6) is 0 Å². The molecule has 0 aliphatic carbocycles. The normalized spacial score (nSPS) is 12.0. The van der Waals surface area contributed by atoms with E-state index in [0.717, 1.165) is 17.8 Å². The zero-order chi connectivity index (χ0) is 20.6. The molecule has 4 nitrogen and oxygen atoms in total. The van der Waals surface area contributed by atoms with E-state index in [1.807, 2.05) is 42.6 Å². The molecule has 0 radical (unpaired) electrons. The van der Waals surface area contributed by atoms with E-state index in [1.54, 1.807) is 12.0 Å². The zero-order valence-electron chi connectivity index (χ0n) is 16.9. The van der Waals surface area contributed by atoms with Gasteiger partial charge in [0.2, 0.25) is 5.91 Å². The van der Waals surface area contributed by atoms with Gasteiger partial charge in [-0.15, -0.1) is 11.6 Å². The van der Waals surface area contributed by atoms with Crippen LogP contribution >= 0.6 is 11.6 Å². The molecule has 0 aliphatic rings. The summed E-state index contributed by atoms with van der Waals surface area (Å²) in [5.74, 6) is -0.113. The van der Waals surface area contributed by atoms with Crippen molar-refractivity contribution in [2.24, 2.45) is 0 Å². The molecule has 0 saturated carbocycles. The zero-order valence-corrected chi connectivity index (χ0v) is 17.7. The van der Waals surface area contributed by atoms with Crippen LogP contribution in [0.25, 0.3) is 0 Å². The van der Waals surface area contributed by atoms with Gasteiger partial charge in [-0.25, -0.2) is 0 Å². The second-order valence-electron chi connectivity index (χ2n) is 7.14. The van der Waals surface area contributed by atoms with Gasteiger partial charge >= 0.3 is 0 Å². The number of benzene rings is 2. The van der Waals surface area contributed by atoms with Crippen molar-refractivity contribution in [3.05, 3.63) is 95.3 Å². The van der Waals surface area contributed by atoms with Crippen molar-refractivity contribution in [3.8, 4) is 0 Å². The van der Waals surface area contributed by atoms with Crippen molar-refractivity contribution in [3.63, 3.8) is 0 Å². The van der Waals surface area contributed by atoms with Gasteiger partial charge in [0, 0.05) is 32.1 Å². The van der Waals surface area contributed by atoms with Gasteiger partial charge in [0.05, 0.1) is 13.2 Å². The van der Waals surface area contributed by atoms with Gasteiger partial charge in [0.1, 0.15) is 5.38 Å². The lowest BCUT2D eigenvalue weighted by atomic mass is 10.1. The second-order valence-corrected chi connectivity index (χ2v) is 7.58. The number of methoxy groups -OCH3 is 1. The summed E-state index contributed by atoms with van der Waals surface area (Å²) in [4.78, 5) is 14.9. The first-order chi connectivity index (χ1) is 14.1. The number of hydrogen-bond donors (Lipinski definition) is 0. The fraction of sp³-hybridized carbons (Fsp3) is 0.292. The van der Waals surface area contributed by atoms with Gasteiger partial charge in [-0.3, -0.25) is 4.79 Å². The number of halogens is 1. The average molecular weight is 411 g/mol. The molecule has 0 unspecified atom stereocenters. The van der Waals surface area contributed by atoms with E-state index < -0.39 is 5.38 Å². The van der Waals surface area contributed by atoms with Crippen LogP contribution in [0, 0.1) is 6.92 Å². The molecule has 0 saturated heterocycles.